The molecular formula is C14H18N4O5S. The summed E-state index contributed by atoms with van der Waals surface area (Å²) in [6, 6.07) is 1.32. The predicted molar refractivity (Wildman–Crippen MR) is 87.6 cm³/mol. The maximum absolute atomic E-state index is 12.3. The third-order valence-electron chi connectivity index (χ3n) is 2.94. The number of aromatic nitrogens is 3. The molecule has 2 heterocycles. The molecule has 2 aromatic rings. The number of pyridine rings is 1. The molecule has 10 heteroatoms. The first-order chi connectivity index (χ1) is 11.4. The molecule has 9 nitrogen and oxygen atoms in total. The molecule has 0 aliphatic rings. The van der Waals surface area contributed by atoms with Gasteiger partial charge in [-0.2, -0.15) is 0 Å². The van der Waals surface area contributed by atoms with Crippen molar-refractivity contribution in [3.8, 4) is 0 Å². The van der Waals surface area contributed by atoms with Crippen LogP contribution in [0.15, 0.2) is 22.2 Å². The van der Waals surface area contributed by atoms with Crippen LogP contribution in [0.2, 0.25) is 0 Å². The van der Waals surface area contributed by atoms with Crippen LogP contribution in [0.4, 0.5) is 0 Å². The van der Waals surface area contributed by atoms with Gasteiger partial charge in [0.05, 0.1) is 12.7 Å². The number of ether oxygens (including phenoxy) is 1. The Bertz CT molecular complexity index is 798. The Hall–Kier alpha value is -2.33. The van der Waals surface area contributed by atoms with Crippen molar-refractivity contribution >= 4 is 29.3 Å². The van der Waals surface area contributed by atoms with Crippen LogP contribution >= 0.6 is 11.8 Å². The van der Waals surface area contributed by atoms with Crippen LogP contribution < -0.4 is 10.7 Å². The highest BCUT2D eigenvalue weighted by atomic mass is 32.2. The molecule has 2 rings (SSSR count). The average Bonchev–Trinajstić information content (AvgIpc) is 2.98. The highest BCUT2D eigenvalue weighted by Gasteiger charge is 2.19. The number of amides is 1. The first-order valence-electron chi connectivity index (χ1n) is 7.23. The Labute approximate surface area is 141 Å². The van der Waals surface area contributed by atoms with E-state index in [1.54, 1.807) is 0 Å². The molecule has 0 unspecified atom stereocenters. The van der Waals surface area contributed by atoms with E-state index in [4.69, 9.17) is 9.84 Å². The standard InChI is InChI=1S/C14H18N4O5S/c1-8(2)23-3-4-24-10-5-9(19)12(13-16-7-17-18(10)13)14(22)15-6-11(20)21/h5,7-8H,3-4,6H2,1-2H3,(H,15,22)(H,16,17)(H,20,21). The Morgan fingerprint density at radius 3 is 2.92 bits per heavy atom. The number of nitrogens with one attached hydrogen (secondary N) is 2. The zero-order valence-electron chi connectivity index (χ0n) is 13.2. The largest absolute Gasteiger partial charge is 0.480 e. The van der Waals surface area contributed by atoms with Gasteiger partial charge in [-0.1, -0.05) is 0 Å². The van der Waals surface area contributed by atoms with Gasteiger partial charge in [-0.3, -0.25) is 19.5 Å². The van der Waals surface area contributed by atoms with Crippen molar-refractivity contribution in [3.63, 3.8) is 0 Å². The number of nitrogens with zero attached hydrogens (tertiary/aromatic N) is 2. The number of carboxylic acids is 1. The Balaban J connectivity index is 2.24. The molecule has 0 aliphatic carbocycles. The summed E-state index contributed by atoms with van der Waals surface area (Å²) < 4.78 is 6.96. The number of aromatic amines is 1. The van der Waals surface area contributed by atoms with Crippen LogP contribution in [0.5, 0.6) is 0 Å². The van der Waals surface area contributed by atoms with Gasteiger partial charge >= 0.3 is 5.97 Å². The maximum Gasteiger partial charge on any atom is 0.322 e. The highest BCUT2D eigenvalue weighted by molar-refractivity contribution is 7.99. The normalized spacial score (nSPS) is 11.1. The minimum atomic E-state index is -1.20. The lowest BCUT2D eigenvalue weighted by Crippen LogP contribution is -2.33. The third kappa shape index (κ3) is 4.36. The monoisotopic (exact) mass is 354 g/mol. The number of H-pyrrole nitrogens is 1. The maximum atomic E-state index is 12.3. The Kier molecular flexibility index (Phi) is 5.99. The number of carbonyl (C=O) groups excluding carboxylic acids is 1. The van der Waals surface area contributed by atoms with E-state index in [0.717, 1.165) is 0 Å². The SMILES string of the molecule is CC(C)OCCSc1cc(=O)c(C(=O)NCC(=O)O)c2nc[nH]n12. The van der Waals surface area contributed by atoms with E-state index in [-0.39, 0.29) is 17.3 Å². The van der Waals surface area contributed by atoms with Crippen molar-refractivity contribution in [1.82, 2.24) is 19.9 Å². The van der Waals surface area contributed by atoms with Gasteiger partial charge in [0.15, 0.2) is 11.1 Å². The molecule has 0 spiro atoms. The van der Waals surface area contributed by atoms with Gasteiger partial charge in [0, 0.05) is 11.8 Å². The molecule has 0 saturated carbocycles. The predicted octanol–water partition coefficient (Wildman–Crippen LogP) is 0.354. The van der Waals surface area contributed by atoms with E-state index in [0.29, 0.717) is 17.4 Å². The number of thioether (sulfide) groups is 1. The molecule has 24 heavy (non-hydrogen) atoms. The molecule has 0 bridgehead atoms. The lowest BCUT2D eigenvalue weighted by atomic mass is 10.2. The Morgan fingerprint density at radius 1 is 1.50 bits per heavy atom. The quantitative estimate of drug-likeness (QED) is 0.461. The van der Waals surface area contributed by atoms with Crippen molar-refractivity contribution in [2.45, 2.75) is 25.0 Å². The molecule has 3 N–H and O–H groups in total. The van der Waals surface area contributed by atoms with E-state index < -0.39 is 23.9 Å². The van der Waals surface area contributed by atoms with Crippen LogP contribution in [0.1, 0.15) is 24.2 Å². The number of carbonyl (C=O) groups is 2. The Morgan fingerprint density at radius 2 is 2.25 bits per heavy atom. The molecule has 0 saturated heterocycles. The van der Waals surface area contributed by atoms with Crippen LogP contribution in [0, 0.1) is 0 Å². The fourth-order valence-electron chi connectivity index (χ4n) is 1.96. The van der Waals surface area contributed by atoms with E-state index in [1.165, 1.54) is 28.7 Å². The fraction of sp³-hybridized carbons (Fsp3) is 0.429. The zero-order valence-corrected chi connectivity index (χ0v) is 14.1. The summed E-state index contributed by atoms with van der Waals surface area (Å²) in [4.78, 5) is 38.9. The molecule has 0 atom stereocenters. The van der Waals surface area contributed by atoms with Gasteiger partial charge in [0.1, 0.15) is 23.5 Å². The molecule has 0 aliphatic heterocycles. The zero-order chi connectivity index (χ0) is 17.7. The number of hydrogen-bond donors (Lipinski definition) is 3. The molecule has 0 fully saturated rings. The smallest absolute Gasteiger partial charge is 0.322 e. The van der Waals surface area contributed by atoms with Gasteiger partial charge in [0.25, 0.3) is 5.91 Å². The summed E-state index contributed by atoms with van der Waals surface area (Å²) in [6.45, 7) is 3.82. The molecule has 0 radical (unpaired) electrons. The number of aliphatic carboxylic acids is 1. The summed E-state index contributed by atoms with van der Waals surface area (Å²) in [6.07, 6.45) is 1.48. The van der Waals surface area contributed by atoms with Gasteiger partial charge < -0.3 is 15.2 Å². The van der Waals surface area contributed by atoms with E-state index in [2.05, 4.69) is 15.4 Å². The minimum absolute atomic E-state index is 0.126. The fourth-order valence-corrected chi connectivity index (χ4v) is 2.81. The van der Waals surface area contributed by atoms with Crippen LogP contribution in [-0.2, 0) is 9.53 Å². The topological polar surface area (TPSA) is 126 Å². The average molecular weight is 354 g/mol. The summed E-state index contributed by atoms with van der Waals surface area (Å²) in [5, 5.41) is 14.2. The minimum Gasteiger partial charge on any atom is -0.480 e. The van der Waals surface area contributed by atoms with E-state index in [1.807, 2.05) is 13.8 Å². The second-order valence-corrected chi connectivity index (χ2v) is 6.23. The van der Waals surface area contributed by atoms with Gasteiger partial charge in [-0.15, -0.1) is 11.8 Å². The first kappa shape index (κ1) is 18.0. The van der Waals surface area contributed by atoms with E-state index in [9.17, 15) is 14.4 Å². The number of rotatable bonds is 8. The van der Waals surface area contributed by atoms with Gasteiger partial charge in [-0.05, 0) is 13.8 Å². The summed E-state index contributed by atoms with van der Waals surface area (Å²) in [7, 11) is 0. The van der Waals surface area contributed by atoms with Crippen molar-refractivity contribution < 1.29 is 19.4 Å². The summed E-state index contributed by atoms with van der Waals surface area (Å²) in [5.41, 5.74) is -0.560. The van der Waals surface area contributed by atoms with Crippen LogP contribution in [0.25, 0.3) is 5.65 Å². The van der Waals surface area contributed by atoms with Crippen molar-refractivity contribution in [2.75, 3.05) is 18.9 Å². The van der Waals surface area contributed by atoms with Crippen LogP contribution in [0.3, 0.4) is 0 Å². The summed E-state index contributed by atoms with van der Waals surface area (Å²) in [5.74, 6) is -1.34. The number of hydrogen-bond acceptors (Lipinski definition) is 6. The first-order valence-corrected chi connectivity index (χ1v) is 8.22. The molecule has 1 amide bonds. The second-order valence-electron chi connectivity index (χ2n) is 5.11. The van der Waals surface area contributed by atoms with E-state index >= 15 is 0 Å². The number of fused-ring (bicyclic) bond motifs is 1. The lowest BCUT2D eigenvalue weighted by molar-refractivity contribution is -0.135. The molecule has 130 valence electrons. The second kappa shape index (κ2) is 7.97. The third-order valence-corrected chi connectivity index (χ3v) is 3.91. The van der Waals surface area contributed by atoms with Crippen LogP contribution in [-0.4, -0.2) is 56.6 Å². The molecule has 2 aromatic heterocycles. The summed E-state index contributed by atoms with van der Waals surface area (Å²) >= 11 is 1.39. The highest BCUT2D eigenvalue weighted by Crippen LogP contribution is 2.18. The van der Waals surface area contributed by atoms with Crippen molar-refractivity contribution in [2.24, 2.45) is 0 Å². The van der Waals surface area contributed by atoms with Gasteiger partial charge in [0.2, 0.25) is 0 Å². The molecule has 0 aromatic carbocycles. The number of carboxylic acid groups (broad SMARTS) is 1. The lowest BCUT2D eigenvalue weighted by Gasteiger charge is -2.09. The van der Waals surface area contributed by atoms with Gasteiger partial charge in [-0.25, -0.2) is 9.50 Å². The van der Waals surface area contributed by atoms with Crippen molar-refractivity contribution in [1.29, 1.82) is 0 Å². The van der Waals surface area contributed by atoms with Crippen molar-refractivity contribution in [3.05, 3.63) is 28.2 Å². The molecular weight excluding hydrogens is 336 g/mol.